The van der Waals surface area contributed by atoms with Crippen molar-refractivity contribution in [2.75, 3.05) is 20.8 Å². The molecule has 13 heavy (non-hydrogen) atoms. The van der Waals surface area contributed by atoms with E-state index in [4.69, 9.17) is 9.84 Å². The molecule has 0 aliphatic heterocycles. The number of carboxylic acid groups (broad SMARTS) is 1. The fourth-order valence-electron chi connectivity index (χ4n) is 0.689. The molecule has 0 aromatic heterocycles. The number of methoxy groups -OCH3 is 2. The second kappa shape index (κ2) is 6.19. The van der Waals surface area contributed by atoms with Gasteiger partial charge in [-0.3, -0.25) is 0 Å². The molecule has 0 bridgehead atoms. The van der Waals surface area contributed by atoms with Crippen LogP contribution in [0.25, 0.3) is 0 Å². The van der Waals surface area contributed by atoms with Crippen LogP contribution < -0.4 is 0 Å². The van der Waals surface area contributed by atoms with E-state index in [9.17, 15) is 9.59 Å². The Hall–Kier alpha value is -1.36. The molecule has 0 saturated heterocycles. The molecule has 5 heteroatoms. The first-order chi connectivity index (χ1) is 6.13. The van der Waals surface area contributed by atoms with Gasteiger partial charge in [0.05, 0.1) is 7.11 Å². The summed E-state index contributed by atoms with van der Waals surface area (Å²) in [6, 6.07) is 0. The van der Waals surface area contributed by atoms with E-state index in [1.807, 2.05) is 0 Å². The van der Waals surface area contributed by atoms with Crippen LogP contribution in [0.3, 0.4) is 0 Å². The van der Waals surface area contributed by atoms with E-state index in [2.05, 4.69) is 4.74 Å². The summed E-state index contributed by atoms with van der Waals surface area (Å²) in [7, 11) is 2.63. The Kier molecular flexibility index (Phi) is 5.54. The zero-order chi connectivity index (χ0) is 10.3. The summed E-state index contributed by atoms with van der Waals surface area (Å²) in [4.78, 5) is 21.3. The van der Waals surface area contributed by atoms with Gasteiger partial charge >= 0.3 is 11.9 Å². The number of aliphatic carboxylic acids is 1. The number of carboxylic acids is 1. The molecule has 0 unspecified atom stereocenters. The van der Waals surface area contributed by atoms with Crippen molar-refractivity contribution in [3.8, 4) is 0 Å². The highest BCUT2D eigenvalue weighted by molar-refractivity contribution is 6.13. The average molecular weight is 188 g/mol. The summed E-state index contributed by atoms with van der Waals surface area (Å²) >= 11 is 0. The maximum atomic E-state index is 10.8. The number of hydrogen-bond acceptors (Lipinski definition) is 4. The Morgan fingerprint density at radius 2 is 2.00 bits per heavy atom. The van der Waals surface area contributed by atoms with Crippen molar-refractivity contribution < 1.29 is 24.2 Å². The summed E-state index contributed by atoms with van der Waals surface area (Å²) in [6.45, 7) is 0.369. The molecule has 0 aromatic carbocycles. The van der Waals surface area contributed by atoms with Crippen LogP contribution in [-0.2, 0) is 19.1 Å². The van der Waals surface area contributed by atoms with E-state index in [0.717, 1.165) is 7.11 Å². The molecule has 74 valence electrons. The van der Waals surface area contributed by atoms with E-state index in [-0.39, 0.29) is 5.57 Å². The normalized spacial score (nSPS) is 11.1. The predicted octanol–water partition coefficient (Wildman–Crippen LogP) is 0.207. The maximum absolute atomic E-state index is 10.8. The molecule has 0 aliphatic carbocycles. The Bertz CT molecular complexity index is 219. The first kappa shape index (κ1) is 11.6. The van der Waals surface area contributed by atoms with Gasteiger partial charge in [-0.1, -0.05) is 6.08 Å². The minimum atomic E-state index is -1.29. The van der Waals surface area contributed by atoms with E-state index >= 15 is 0 Å². The van der Waals surface area contributed by atoms with Gasteiger partial charge < -0.3 is 14.6 Å². The van der Waals surface area contributed by atoms with Crippen LogP contribution in [0.15, 0.2) is 11.6 Å². The summed E-state index contributed by atoms with van der Waals surface area (Å²) < 4.78 is 8.97. The minimum absolute atomic E-state index is 0.362. The third-order valence-corrected chi connectivity index (χ3v) is 1.31. The number of esters is 1. The third kappa shape index (κ3) is 4.27. The fourth-order valence-corrected chi connectivity index (χ4v) is 0.689. The highest BCUT2D eigenvalue weighted by Crippen LogP contribution is 2.00. The van der Waals surface area contributed by atoms with Gasteiger partial charge in [0.25, 0.3) is 0 Å². The van der Waals surface area contributed by atoms with Crippen molar-refractivity contribution in [1.82, 2.24) is 0 Å². The van der Waals surface area contributed by atoms with E-state index in [1.54, 1.807) is 0 Å². The molecule has 5 nitrogen and oxygen atoms in total. The maximum Gasteiger partial charge on any atom is 0.344 e. The number of carbonyl (C=O) groups is 2. The van der Waals surface area contributed by atoms with Gasteiger partial charge in [-0.15, -0.1) is 0 Å². The predicted molar refractivity (Wildman–Crippen MR) is 44.2 cm³/mol. The van der Waals surface area contributed by atoms with Crippen molar-refractivity contribution in [3.05, 3.63) is 11.6 Å². The van der Waals surface area contributed by atoms with Crippen LogP contribution in [0.1, 0.15) is 6.42 Å². The molecule has 0 saturated carbocycles. The van der Waals surface area contributed by atoms with E-state index < -0.39 is 11.9 Å². The zero-order valence-electron chi connectivity index (χ0n) is 7.57. The van der Waals surface area contributed by atoms with Crippen LogP contribution in [-0.4, -0.2) is 37.9 Å². The third-order valence-electron chi connectivity index (χ3n) is 1.31. The number of rotatable bonds is 5. The van der Waals surface area contributed by atoms with Crippen molar-refractivity contribution in [3.63, 3.8) is 0 Å². The van der Waals surface area contributed by atoms with E-state index in [1.165, 1.54) is 13.2 Å². The fraction of sp³-hybridized carbons (Fsp3) is 0.500. The quantitative estimate of drug-likeness (QED) is 0.219. The molecule has 0 rings (SSSR count). The molecule has 0 aliphatic rings. The van der Waals surface area contributed by atoms with Gasteiger partial charge in [0.15, 0.2) is 0 Å². The average Bonchev–Trinajstić information content (AvgIpc) is 2.11. The van der Waals surface area contributed by atoms with Gasteiger partial charge in [0, 0.05) is 13.7 Å². The second-order valence-electron chi connectivity index (χ2n) is 2.20. The van der Waals surface area contributed by atoms with Crippen LogP contribution in [0.5, 0.6) is 0 Å². The first-order valence-corrected chi connectivity index (χ1v) is 3.64. The number of hydrogen-bond donors (Lipinski definition) is 1. The van der Waals surface area contributed by atoms with Crippen molar-refractivity contribution in [1.29, 1.82) is 0 Å². The van der Waals surface area contributed by atoms with Crippen molar-refractivity contribution in [2.45, 2.75) is 6.42 Å². The van der Waals surface area contributed by atoms with Gasteiger partial charge in [0.2, 0.25) is 0 Å². The molecule has 0 spiro atoms. The van der Waals surface area contributed by atoms with Crippen LogP contribution >= 0.6 is 0 Å². The van der Waals surface area contributed by atoms with Gasteiger partial charge in [-0.2, -0.15) is 0 Å². The number of ether oxygens (including phenoxy) is 2. The zero-order valence-corrected chi connectivity index (χ0v) is 7.57. The molecule has 0 amide bonds. The lowest BCUT2D eigenvalue weighted by atomic mass is 10.2. The Balaban J connectivity index is 4.32. The number of carbonyl (C=O) groups excluding carboxylic acids is 1. The van der Waals surface area contributed by atoms with Crippen LogP contribution in [0.4, 0.5) is 0 Å². The standard InChI is InChI=1S/C8H12O5/c1-12-5-3-4-6(7(9)10)8(11)13-2/h4H,3,5H2,1-2H3,(H,9,10). The first-order valence-electron chi connectivity index (χ1n) is 3.64. The second-order valence-corrected chi connectivity index (χ2v) is 2.20. The summed E-state index contributed by atoms with van der Waals surface area (Å²) in [6.07, 6.45) is 1.64. The van der Waals surface area contributed by atoms with Gasteiger partial charge in [-0.25, -0.2) is 9.59 Å². The summed E-state index contributed by atoms with van der Waals surface area (Å²) in [5, 5.41) is 8.56. The molecule has 0 aromatic rings. The minimum Gasteiger partial charge on any atom is -0.477 e. The topological polar surface area (TPSA) is 72.8 Å². The lowest BCUT2D eigenvalue weighted by molar-refractivity contribution is -0.142. The molecular weight excluding hydrogens is 176 g/mol. The van der Waals surface area contributed by atoms with Gasteiger partial charge in [-0.05, 0) is 6.42 Å². The molecule has 0 atom stereocenters. The lowest BCUT2D eigenvalue weighted by Crippen LogP contribution is -2.13. The highest BCUT2D eigenvalue weighted by Gasteiger charge is 2.16. The molecule has 0 radical (unpaired) electrons. The van der Waals surface area contributed by atoms with Crippen LogP contribution in [0.2, 0.25) is 0 Å². The van der Waals surface area contributed by atoms with Crippen LogP contribution in [0, 0.1) is 0 Å². The molecule has 1 N–H and O–H groups in total. The molecular formula is C8H12O5. The van der Waals surface area contributed by atoms with Crippen molar-refractivity contribution >= 4 is 11.9 Å². The lowest BCUT2D eigenvalue weighted by Gasteiger charge is -1.99. The molecule has 0 heterocycles. The van der Waals surface area contributed by atoms with E-state index in [0.29, 0.717) is 13.0 Å². The Morgan fingerprint density at radius 3 is 2.38 bits per heavy atom. The van der Waals surface area contributed by atoms with Gasteiger partial charge in [0.1, 0.15) is 5.57 Å². The Labute approximate surface area is 75.9 Å². The summed E-state index contributed by atoms with van der Waals surface area (Å²) in [5.74, 6) is -2.13. The van der Waals surface area contributed by atoms with Crippen molar-refractivity contribution in [2.24, 2.45) is 0 Å². The monoisotopic (exact) mass is 188 g/mol. The SMILES string of the molecule is COCCC=C(C(=O)O)C(=O)OC. The Morgan fingerprint density at radius 1 is 1.38 bits per heavy atom. The largest absolute Gasteiger partial charge is 0.477 e. The molecule has 0 fully saturated rings. The summed E-state index contributed by atoms with van der Waals surface area (Å²) in [5.41, 5.74) is -0.362. The smallest absolute Gasteiger partial charge is 0.344 e. The highest BCUT2D eigenvalue weighted by atomic mass is 16.5.